The van der Waals surface area contributed by atoms with Gasteiger partial charge >= 0.3 is 12.2 Å². The van der Waals surface area contributed by atoms with Gasteiger partial charge in [-0.3, -0.25) is 9.69 Å². The Morgan fingerprint density at radius 2 is 1.95 bits per heavy atom. The van der Waals surface area contributed by atoms with E-state index < -0.39 is 42.7 Å². The quantitative estimate of drug-likeness (QED) is 0.778. The predicted molar refractivity (Wildman–Crippen MR) is 69.2 cm³/mol. The van der Waals surface area contributed by atoms with Gasteiger partial charge in [-0.15, -0.1) is 0 Å². The number of carbonyl (C=O) groups excluding carboxylic acids is 2. The third kappa shape index (κ3) is 3.00. The number of alkyl halides is 3. The number of halogens is 3. The molecule has 1 spiro atoms. The zero-order chi connectivity index (χ0) is 15.8. The van der Waals surface area contributed by atoms with Crippen molar-refractivity contribution in [3.8, 4) is 0 Å². The number of nitrogens with one attached hydrogen (secondary N) is 1. The Bertz CT molecular complexity index is 431. The number of nitrogens with zero attached hydrogens (tertiary/aromatic N) is 1. The van der Waals surface area contributed by atoms with Gasteiger partial charge in [0, 0.05) is 13.1 Å². The van der Waals surface area contributed by atoms with Gasteiger partial charge in [-0.1, -0.05) is 6.92 Å². The highest BCUT2D eigenvalue weighted by molar-refractivity contribution is 6.07. The van der Waals surface area contributed by atoms with E-state index in [1.807, 2.05) is 0 Å². The van der Waals surface area contributed by atoms with Crippen molar-refractivity contribution >= 4 is 11.9 Å². The van der Waals surface area contributed by atoms with Crippen LogP contribution in [-0.4, -0.2) is 41.6 Å². The molecule has 0 aromatic heterocycles. The van der Waals surface area contributed by atoms with E-state index in [1.165, 1.54) is 0 Å². The first-order valence-corrected chi connectivity index (χ1v) is 7.10. The predicted octanol–water partition coefficient (Wildman–Crippen LogP) is 1.62. The first-order valence-electron chi connectivity index (χ1n) is 7.10. The summed E-state index contributed by atoms with van der Waals surface area (Å²) in [5, 5.41) is 2.60. The van der Waals surface area contributed by atoms with Crippen molar-refractivity contribution in [1.82, 2.24) is 10.2 Å². The van der Waals surface area contributed by atoms with Crippen LogP contribution in [0.1, 0.15) is 32.6 Å². The van der Waals surface area contributed by atoms with Crippen molar-refractivity contribution in [2.45, 2.75) is 44.3 Å². The van der Waals surface area contributed by atoms with E-state index >= 15 is 0 Å². The molecule has 1 saturated heterocycles. The molecular formula is C13H20F3N3O2. The summed E-state index contributed by atoms with van der Waals surface area (Å²) in [5.74, 6) is -1.96. The Balaban J connectivity index is 2.12. The van der Waals surface area contributed by atoms with Crippen LogP contribution < -0.4 is 11.1 Å². The zero-order valence-electron chi connectivity index (χ0n) is 11.9. The van der Waals surface area contributed by atoms with Crippen LogP contribution in [0.15, 0.2) is 0 Å². The van der Waals surface area contributed by atoms with Gasteiger partial charge in [-0.25, -0.2) is 4.79 Å². The smallest absolute Gasteiger partial charge is 0.330 e. The molecule has 2 aliphatic rings. The lowest BCUT2D eigenvalue weighted by molar-refractivity contribution is -0.175. The summed E-state index contributed by atoms with van der Waals surface area (Å²) in [4.78, 5) is 25.0. The van der Waals surface area contributed by atoms with Gasteiger partial charge in [0.15, 0.2) is 0 Å². The number of carbonyl (C=O) groups is 2. The molecule has 1 aliphatic carbocycles. The van der Waals surface area contributed by atoms with Gasteiger partial charge in [0.1, 0.15) is 5.54 Å². The molecule has 8 heteroatoms. The molecule has 1 atom stereocenters. The topological polar surface area (TPSA) is 75.4 Å². The molecule has 2 fully saturated rings. The summed E-state index contributed by atoms with van der Waals surface area (Å²) in [7, 11) is 0. The highest BCUT2D eigenvalue weighted by atomic mass is 19.4. The Hall–Kier alpha value is -1.31. The Morgan fingerprint density at radius 3 is 2.43 bits per heavy atom. The van der Waals surface area contributed by atoms with Crippen molar-refractivity contribution in [2.75, 3.05) is 13.1 Å². The lowest BCUT2D eigenvalue weighted by Crippen LogP contribution is -2.50. The highest BCUT2D eigenvalue weighted by Gasteiger charge is 2.53. The van der Waals surface area contributed by atoms with E-state index in [-0.39, 0.29) is 0 Å². The largest absolute Gasteiger partial charge is 0.394 e. The molecule has 0 radical (unpaired) electrons. The van der Waals surface area contributed by atoms with E-state index in [2.05, 4.69) is 12.2 Å². The van der Waals surface area contributed by atoms with E-state index in [9.17, 15) is 22.8 Å². The summed E-state index contributed by atoms with van der Waals surface area (Å²) in [6.45, 7) is 0.701. The fourth-order valence-electron chi connectivity index (χ4n) is 2.97. The van der Waals surface area contributed by atoms with Crippen LogP contribution in [0.4, 0.5) is 18.0 Å². The van der Waals surface area contributed by atoms with Crippen LogP contribution in [0.25, 0.3) is 0 Å². The Labute approximate surface area is 121 Å². The van der Waals surface area contributed by atoms with Gasteiger partial charge in [0.25, 0.3) is 5.91 Å². The SMILES string of the molecule is CC1CCC2(CC1)NC(=O)N(CC(CN)C(F)(F)F)C2=O. The molecule has 1 unspecified atom stereocenters. The fourth-order valence-corrected chi connectivity index (χ4v) is 2.97. The first kappa shape index (κ1) is 16.1. The van der Waals surface area contributed by atoms with E-state index in [0.717, 1.165) is 12.8 Å². The second kappa shape index (κ2) is 5.47. The fraction of sp³-hybridized carbons (Fsp3) is 0.846. The normalized spacial score (nSPS) is 31.7. The van der Waals surface area contributed by atoms with Gasteiger partial charge in [0.05, 0.1) is 5.92 Å². The lowest BCUT2D eigenvalue weighted by Gasteiger charge is -2.33. The number of nitrogens with two attached hydrogens (primary N) is 1. The molecule has 1 aliphatic heterocycles. The molecule has 3 amide bonds. The summed E-state index contributed by atoms with van der Waals surface area (Å²) >= 11 is 0. The van der Waals surface area contributed by atoms with Crippen LogP contribution in [0, 0.1) is 11.8 Å². The monoisotopic (exact) mass is 307 g/mol. The van der Waals surface area contributed by atoms with Gasteiger partial charge in [-0.2, -0.15) is 13.2 Å². The Kier molecular flexibility index (Phi) is 4.19. The van der Waals surface area contributed by atoms with Gasteiger partial charge in [-0.05, 0) is 31.6 Å². The maximum Gasteiger partial charge on any atom is 0.394 e. The highest BCUT2D eigenvalue weighted by Crippen LogP contribution is 2.37. The van der Waals surface area contributed by atoms with Crippen LogP contribution in [0.2, 0.25) is 0 Å². The zero-order valence-corrected chi connectivity index (χ0v) is 11.9. The van der Waals surface area contributed by atoms with E-state index in [1.54, 1.807) is 0 Å². The van der Waals surface area contributed by atoms with Crippen LogP contribution in [0.3, 0.4) is 0 Å². The minimum Gasteiger partial charge on any atom is -0.330 e. The molecule has 120 valence electrons. The maximum absolute atomic E-state index is 12.8. The average molecular weight is 307 g/mol. The number of imide groups is 1. The molecular weight excluding hydrogens is 287 g/mol. The molecule has 3 N–H and O–H groups in total. The number of hydrogen-bond donors (Lipinski definition) is 2. The van der Waals surface area contributed by atoms with Gasteiger partial charge in [0.2, 0.25) is 0 Å². The molecule has 5 nitrogen and oxygen atoms in total. The minimum atomic E-state index is -4.52. The van der Waals surface area contributed by atoms with E-state index in [0.29, 0.717) is 23.7 Å². The summed E-state index contributed by atoms with van der Waals surface area (Å²) in [6, 6.07) is -0.739. The molecule has 21 heavy (non-hydrogen) atoms. The third-order valence-electron chi connectivity index (χ3n) is 4.52. The third-order valence-corrected chi connectivity index (χ3v) is 4.52. The number of amides is 3. The van der Waals surface area contributed by atoms with Crippen molar-refractivity contribution in [3.63, 3.8) is 0 Å². The van der Waals surface area contributed by atoms with Crippen LogP contribution in [-0.2, 0) is 4.79 Å². The van der Waals surface area contributed by atoms with Crippen molar-refractivity contribution in [3.05, 3.63) is 0 Å². The van der Waals surface area contributed by atoms with Crippen molar-refractivity contribution in [2.24, 2.45) is 17.6 Å². The molecule has 0 aromatic rings. The van der Waals surface area contributed by atoms with Crippen molar-refractivity contribution < 1.29 is 22.8 Å². The molecule has 1 heterocycles. The summed E-state index contributed by atoms with van der Waals surface area (Å²) in [6.07, 6.45) is -2.01. The van der Waals surface area contributed by atoms with Crippen LogP contribution in [0.5, 0.6) is 0 Å². The average Bonchev–Trinajstić information content (AvgIpc) is 2.62. The summed E-state index contributed by atoms with van der Waals surface area (Å²) < 4.78 is 38.3. The standard InChI is InChI=1S/C13H20F3N3O2/c1-8-2-4-12(5-3-8)10(20)19(11(21)18-12)7-9(6-17)13(14,15)16/h8-9H,2-7,17H2,1H3,(H,18,21). The second-order valence-electron chi connectivity index (χ2n) is 6.08. The van der Waals surface area contributed by atoms with E-state index in [4.69, 9.17) is 5.73 Å². The second-order valence-corrected chi connectivity index (χ2v) is 6.08. The number of hydrogen-bond acceptors (Lipinski definition) is 3. The molecule has 2 rings (SSSR count). The molecule has 0 aromatic carbocycles. The number of rotatable bonds is 3. The maximum atomic E-state index is 12.8. The first-order chi connectivity index (χ1) is 9.69. The minimum absolute atomic E-state index is 0.460. The molecule has 1 saturated carbocycles. The van der Waals surface area contributed by atoms with Gasteiger partial charge < -0.3 is 11.1 Å². The van der Waals surface area contributed by atoms with Crippen LogP contribution >= 0.6 is 0 Å². The molecule has 0 bridgehead atoms. The summed E-state index contributed by atoms with van der Waals surface area (Å²) in [5.41, 5.74) is 4.12. The van der Waals surface area contributed by atoms with Crippen molar-refractivity contribution in [1.29, 1.82) is 0 Å². The number of urea groups is 1. The lowest BCUT2D eigenvalue weighted by atomic mass is 9.77. The Morgan fingerprint density at radius 1 is 1.38 bits per heavy atom.